The highest BCUT2D eigenvalue weighted by Gasteiger charge is 2.06. The van der Waals surface area contributed by atoms with Gasteiger partial charge in [-0.05, 0) is 17.7 Å². The summed E-state index contributed by atoms with van der Waals surface area (Å²) in [5.74, 6) is -0.908. The van der Waals surface area contributed by atoms with Gasteiger partial charge in [0, 0.05) is 27.3 Å². The molecule has 0 aliphatic heterocycles. The molecule has 1 atom stereocenters. The smallest absolute Gasteiger partial charge is 0.335 e. The number of rotatable bonds is 8. The van der Waals surface area contributed by atoms with Crippen LogP contribution in [-0.2, 0) is 16.0 Å². The van der Waals surface area contributed by atoms with Crippen molar-refractivity contribution in [1.82, 2.24) is 5.32 Å². The summed E-state index contributed by atoms with van der Waals surface area (Å²) in [6, 6.07) is 6.80. The number of carboxylic acid groups (broad SMARTS) is 1. The summed E-state index contributed by atoms with van der Waals surface area (Å²) in [5.41, 5.74) is 1.33. The zero-order valence-electron chi connectivity index (χ0n) is 10.7. The first kappa shape index (κ1) is 14.6. The van der Waals surface area contributed by atoms with Gasteiger partial charge < -0.3 is 19.9 Å². The average molecular weight is 253 g/mol. The van der Waals surface area contributed by atoms with Crippen LogP contribution in [0.2, 0.25) is 0 Å². The van der Waals surface area contributed by atoms with Crippen LogP contribution >= 0.6 is 0 Å². The molecule has 1 rings (SSSR count). The molecule has 18 heavy (non-hydrogen) atoms. The monoisotopic (exact) mass is 253 g/mol. The summed E-state index contributed by atoms with van der Waals surface area (Å²) < 4.78 is 10.2. The number of ether oxygens (including phenoxy) is 2. The summed E-state index contributed by atoms with van der Waals surface area (Å²) in [4.78, 5) is 10.7. The standard InChI is InChI=1S/C13H19NO4/c1-17-9-12(18-2)8-14-7-10-3-5-11(6-4-10)13(15)16/h3-6,12,14H,7-9H2,1-2H3,(H,15,16). The first-order valence-corrected chi connectivity index (χ1v) is 5.72. The van der Waals surface area contributed by atoms with Crippen LogP contribution < -0.4 is 5.32 Å². The van der Waals surface area contributed by atoms with E-state index in [1.54, 1.807) is 38.5 Å². The number of hydrogen-bond acceptors (Lipinski definition) is 4. The Labute approximate surface area is 107 Å². The highest BCUT2D eigenvalue weighted by Crippen LogP contribution is 2.04. The number of hydrogen-bond donors (Lipinski definition) is 2. The van der Waals surface area contributed by atoms with Gasteiger partial charge in [-0.3, -0.25) is 0 Å². The van der Waals surface area contributed by atoms with Gasteiger partial charge in [0.1, 0.15) is 0 Å². The van der Waals surface area contributed by atoms with Crippen molar-refractivity contribution in [2.24, 2.45) is 0 Å². The first-order valence-electron chi connectivity index (χ1n) is 5.72. The fraction of sp³-hybridized carbons (Fsp3) is 0.462. The second-order valence-corrected chi connectivity index (χ2v) is 3.95. The Kier molecular flexibility index (Phi) is 6.35. The van der Waals surface area contributed by atoms with Crippen LogP contribution in [0.3, 0.4) is 0 Å². The lowest BCUT2D eigenvalue weighted by Crippen LogP contribution is -2.31. The predicted octanol–water partition coefficient (Wildman–Crippen LogP) is 1.14. The van der Waals surface area contributed by atoms with Crippen LogP contribution in [0.5, 0.6) is 0 Å². The van der Waals surface area contributed by atoms with Gasteiger partial charge >= 0.3 is 5.97 Å². The fourth-order valence-electron chi connectivity index (χ4n) is 1.54. The van der Waals surface area contributed by atoms with Gasteiger partial charge in [0.15, 0.2) is 0 Å². The van der Waals surface area contributed by atoms with Crippen LogP contribution in [0.25, 0.3) is 0 Å². The number of nitrogens with one attached hydrogen (secondary N) is 1. The molecule has 0 radical (unpaired) electrons. The summed E-state index contributed by atoms with van der Waals surface area (Å²) >= 11 is 0. The Morgan fingerprint density at radius 1 is 1.33 bits per heavy atom. The van der Waals surface area contributed by atoms with E-state index in [1.165, 1.54) is 0 Å². The third-order valence-electron chi connectivity index (χ3n) is 2.59. The second-order valence-electron chi connectivity index (χ2n) is 3.95. The summed E-state index contributed by atoms with van der Waals surface area (Å²) in [6.45, 7) is 1.90. The number of aromatic carboxylic acids is 1. The van der Waals surface area contributed by atoms with Gasteiger partial charge in [-0.2, -0.15) is 0 Å². The molecule has 1 aromatic rings. The summed E-state index contributed by atoms with van der Waals surface area (Å²) in [5, 5.41) is 12.0. The van der Waals surface area contributed by atoms with Gasteiger partial charge in [0.25, 0.3) is 0 Å². The second kappa shape index (κ2) is 7.81. The highest BCUT2D eigenvalue weighted by molar-refractivity contribution is 5.87. The van der Waals surface area contributed by atoms with E-state index in [1.807, 2.05) is 0 Å². The number of carboxylic acids is 1. The lowest BCUT2D eigenvalue weighted by atomic mass is 10.1. The van der Waals surface area contributed by atoms with E-state index in [2.05, 4.69) is 5.32 Å². The van der Waals surface area contributed by atoms with Gasteiger partial charge in [0.2, 0.25) is 0 Å². The Morgan fingerprint density at radius 3 is 2.50 bits per heavy atom. The molecule has 1 unspecified atom stereocenters. The molecule has 100 valence electrons. The minimum atomic E-state index is -0.908. The van der Waals surface area contributed by atoms with Crippen molar-refractivity contribution in [2.75, 3.05) is 27.4 Å². The molecule has 2 N–H and O–H groups in total. The first-order chi connectivity index (χ1) is 8.67. The molecule has 0 spiro atoms. The molecular weight excluding hydrogens is 234 g/mol. The lowest BCUT2D eigenvalue weighted by molar-refractivity contribution is 0.0288. The Morgan fingerprint density at radius 2 is 2.00 bits per heavy atom. The maximum Gasteiger partial charge on any atom is 0.335 e. The Bertz CT molecular complexity index is 364. The molecule has 0 saturated carbocycles. The van der Waals surface area contributed by atoms with E-state index in [-0.39, 0.29) is 6.10 Å². The van der Waals surface area contributed by atoms with Crippen LogP contribution in [0, 0.1) is 0 Å². The average Bonchev–Trinajstić information content (AvgIpc) is 2.38. The van der Waals surface area contributed by atoms with E-state index in [4.69, 9.17) is 14.6 Å². The zero-order valence-corrected chi connectivity index (χ0v) is 10.7. The van der Waals surface area contributed by atoms with E-state index < -0.39 is 5.97 Å². The molecule has 0 amide bonds. The number of methoxy groups -OCH3 is 2. The molecule has 5 nitrogen and oxygen atoms in total. The van der Waals surface area contributed by atoms with Crippen LogP contribution in [0.15, 0.2) is 24.3 Å². The van der Waals surface area contributed by atoms with Crippen molar-refractivity contribution in [3.05, 3.63) is 35.4 Å². The molecule has 0 bridgehead atoms. The van der Waals surface area contributed by atoms with Crippen molar-refractivity contribution in [3.8, 4) is 0 Å². The Balaban J connectivity index is 2.37. The van der Waals surface area contributed by atoms with Crippen LogP contribution in [0.4, 0.5) is 0 Å². The van der Waals surface area contributed by atoms with Gasteiger partial charge in [0.05, 0.1) is 18.3 Å². The van der Waals surface area contributed by atoms with Crippen LogP contribution in [0.1, 0.15) is 15.9 Å². The predicted molar refractivity (Wildman–Crippen MR) is 67.8 cm³/mol. The SMILES string of the molecule is COCC(CNCc1ccc(C(=O)O)cc1)OC. The van der Waals surface area contributed by atoms with E-state index in [0.29, 0.717) is 25.3 Å². The molecule has 0 aliphatic carbocycles. The fourth-order valence-corrected chi connectivity index (χ4v) is 1.54. The number of benzene rings is 1. The Hall–Kier alpha value is -1.43. The molecule has 0 aromatic heterocycles. The maximum absolute atomic E-state index is 10.7. The van der Waals surface area contributed by atoms with Crippen molar-refractivity contribution >= 4 is 5.97 Å². The molecular formula is C13H19NO4. The highest BCUT2D eigenvalue weighted by atomic mass is 16.5. The zero-order chi connectivity index (χ0) is 13.4. The molecule has 0 aliphatic rings. The van der Waals surface area contributed by atoms with Crippen molar-refractivity contribution in [3.63, 3.8) is 0 Å². The van der Waals surface area contributed by atoms with E-state index in [0.717, 1.165) is 5.56 Å². The minimum absolute atomic E-state index is 0.0216. The van der Waals surface area contributed by atoms with Crippen molar-refractivity contribution in [2.45, 2.75) is 12.6 Å². The summed E-state index contributed by atoms with van der Waals surface area (Å²) in [6.07, 6.45) is 0.0216. The number of carbonyl (C=O) groups is 1. The molecule has 1 aromatic carbocycles. The minimum Gasteiger partial charge on any atom is -0.478 e. The molecule has 0 fully saturated rings. The van der Waals surface area contributed by atoms with E-state index >= 15 is 0 Å². The van der Waals surface area contributed by atoms with Crippen LogP contribution in [-0.4, -0.2) is 44.6 Å². The maximum atomic E-state index is 10.7. The topological polar surface area (TPSA) is 67.8 Å². The third kappa shape index (κ3) is 4.83. The third-order valence-corrected chi connectivity index (χ3v) is 2.59. The van der Waals surface area contributed by atoms with Crippen molar-refractivity contribution in [1.29, 1.82) is 0 Å². The summed E-state index contributed by atoms with van der Waals surface area (Å²) in [7, 11) is 3.28. The normalized spacial score (nSPS) is 12.3. The quantitative estimate of drug-likeness (QED) is 0.727. The molecule has 5 heteroatoms. The lowest BCUT2D eigenvalue weighted by Gasteiger charge is -2.15. The molecule has 0 heterocycles. The largest absolute Gasteiger partial charge is 0.478 e. The van der Waals surface area contributed by atoms with Gasteiger partial charge in [-0.15, -0.1) is 0 Å². The van der Waals surface area contributed by atoms with Gasteiger partial charge in [-0.1, -0.05) is 12.1 Å². The molecule has 0 saturated heterocycles. The van der Waals surface area contributed by atoms with Crippen molar-refractivity contribution < 1.29 is 19.4 Å². The van der Waals surface area contributed by atoms with Gasteiger partial charge in [-0.25, -0.2) is 4.79 Å². The van der Waals surface area contributed by atoms with E-state index in [9.17, 15) is 4.79 Å².